The third-order valence-corrected chi connectivity index (χ3v) is 4.32. The minimum atomic E-state index is -3.45. The Labute approximate surface area is 124 Å². The molecule has 4 atom stereocenters. The number of nitrogens with zero attached hydrogens (tertiary/aromatic N) is 3. The van der Waals surface area contributed by atoms with E-state index in [9.17, 15) is 17.6 Å². The van der Waals surface area contributed by atoms with Gasteiger partial charge in [-0.3, -0.25) is 0 Å². The SMILES string of the molecule is F[C@@H]1C[C@H]1C(F)(F)c1nc2n(n1)[C@H](c1ccccc1)C[C@@H]2F. The van der Waals surface area contributed by atoms with Crippen molar-refractivity contribution in [2.24, 2.45) is 5.92 Å². The van der Waals surface area contributed by atoms with E-state index in [1.807, 2.05) is 6.07 Å². The first kappa shape index (κ1) is 13.7. The predicted octanol–water partition coefficient (Wildman–Crippen LogP) is 3.73. The third-order valence-electron chi connectivity index (χ3n) is 4.32. The minimum Gasteiger partial charge on any atom is -0.247 e. The number of hydrogen-bond acceptors (Lipinski definition) is 2. The molecule has 0 amide bonds. The van der Waals surface area contributed by atoms with Gasteiger partial charge in [0.15, 0.2) is 12.0 Å². The maximum absolute atomic E-state index is 14.1. The van der Waals surface area contributed by atoms with E-state index in [0.717, 1.165) is 5.56 Å². The lowest BCUT2D eigenvalue weighted by molar-refractivity contribution is -0.0445. The number of hydrogen-bond donors (Lipinski definition) is 0. The van der Waals surface area contributed by atoms with Crippen LogP contribution >= 0.6 is 0 Å². The highest BCUT2D eigenvalue weighted by molar-refractivity contribution is 5.24. The predicted molar refractivity (Wildman–Crippen MR) is 70.0 cm³/mol. The number of halogens is 4. The van der Waals surface area contributed by atoms with Crippen molar-refractivity contribution in [2.75, 3.05) is 0 Å². The van der Waals surface area contributed by atoms with Crippen molar-refractivity contribution in [2.45, 2.75) is 37.1 Å². The van der Waals surface area contributed by atoms with Crippen LogP contribution in [0.25, 0.3) is 0 Å². The average Bonchev–Trinajstić information content (AvgIpc) is 2.97. The van der Waals surface area contributed by atoms with Gasteiger partial charge in [0.1, 0.15) is 6.17 Å². The van der Waals surface area contributed by atoms with E-state index in [4.69, 9.17) is 0 Å². The summed E-state index contributed by atoms with van der Waals surface area (Å²) in [6.45, 7) is 0. The summed E-state index contributed by atoms with van der Waals surface area (Å²) in [5, 5.41) is 3.82. The standard InChI is InChI=1S/C15H13F4N3/c16-10-6-9(10)15(18,19)14-20-13-11(17)7-12(22(13)21-14)8-4-2-1-3-5-8/h1-5,9-12H,6-7H2/t9-,10-,11+,12+/m1/s1. The summed E-state index contributed by atoms with van der Waals surface area (Å²) >= 11 is 0. The molecule has 1 saturated carbocycles. The number of benzene rings is 1. The monoisotopic (exact) mass is 311 g/mol. The van der Waals surface area contributed by atoms with E-state index in [-0.39, 0.29) is 18.7 Å². The molecule has 3 nitrogen and oxygen atoms in total. The van der Waals surface area contributed by atoms with Crippen LogP contribution in [-0.4, -0.2) is 20.9 Å². The minimum absolute atomic E-state index is 0.0976. The molecule has 1 aliphatic heterocycles. The Morgan fingerprint density at radius 1 is 1.09 bits per heavy atom. The molecule has 7 heteroatoms. The van der Waals surface area contributed by atoms with E-state index in [0.29, 0.717) is 0 Å². The molecule has 2 aliphatic rings. The summed E-state index contributed by atoms with van der Waals surface area (Å²) in [5.74, 6) is -5.70. The number of alkyl halides is 4. The van der Waals surface area contributed by atoms with Gasteiger partial charge in [0.05, 0.1) is 12.0 Å². The van der Waals surface area contributed by atoms with Crippen LogP contribution in [0.5, 0.6) is 0 Å². The van der Waals surface area contributed by atoms with Crippen molar-refractivity contribution in [3.8, 4) is 0 Å². The van der Waals surface area contributed by atoms with Crippen LogP contribution in [0.15, 0.2) is 30.3 Å². The van der Waals surface area contributed by atoms with Crippen LogP contribution in [0.2, 0.25) is 0 Å². The smallest absolute Gasteiger partial charge is 0.247 e. The molecule has 0 saturated heterocycles. The van der Waals surface area contributed by atoms with Crippen LogP contribution in [0.3, 0.4) is 0 Å². The van der Waals surface area contributed by atoms with Gasteiger partial charge in [-0.2, -0.15) is 8.78 Å². The quantitative estimate of drug-likeness (QED) is 0.809. The van der Waals surface area contributed by atoms with Gasteiger partial charge in [0.2, 0.25) is 5.82 Å². The molecule has 116 valence electrons. The molecule has 1 aromatic heterocycles. The van der Waals surface area contributed by atoms with Crippen molar-refractivity contribution in [3.63, 3.8) is 0 Å². The fourth-order valence-electron chi connectivity index (χ4n) is 2.98. The molecular formula is C15H13F4N3. The van der Waals surface area contributed by atoms with Gasteiger partial charge in [-0.1, -0.05) is 30.3 Å². The Morgan fingerprint density at radius 3 is 2.41 bits per heavy atom. The normalized spacial score (nSPS) is 30.4. The van der Waals surface area contributed by atoms with E-state index in [1.165, 1.54) is 4.68 Å². The first-order chi connectivity index (χ1) is 10.5. The van der Waals surface area contributed by atoms with Gasteiger partial charge in [-0.05, 0) is 12.0 Å². The second-order valence-corrected chi connectivity index (χ2v) is 5.85. The van der Waals surface area contributed by atoms with Gasteiger partial charge in [-0.25, -0.2) is 18.4 Å². The lowest BCUT2D eigenvalue weighted by atomic mass is 10.0. The first-order valence-electron chi connectivity index (χ1n) is 7.16. The number of rotatable bonds is 3. The van der Waals surface area contributed by atoms with Gasteiger partial charge in [-0.15, -0.1) is 5.10 Å². The van der Waals surface area contributed by atoms with Gasteiger partial charge in [0, 0.05) is 6.42 Å². The van der Waals surface area contributed by atoms with Crippen LogP contribution in [-0.2, 0) is 5.92 Å². The molecule has 0 bridgehead atoms. The first-order valence-corrected chi connectivity index (χ1v) is 7.16. The van der Waals surface area contributed by atoms with Crippen molar-refractivity contribution in [1.82, 2.24) is 14.8 Å². The molecule has 2 heterocycles. The molecule has 4 rings (SSSR count). The zero-order chi connectivity index (χ0) is 15.5. The van der Waals surface area contributed by atoms with Crippen molar-refractivity contribution in [3.05, 3.63) is 47.5 Å². The molecule has 1 aliphatic carbocycles. The Hall–Kier alpha value is -1.92. The Balaban J connectivity index is 1.72. The van der Waals surface area contributed by atoms with Crippen LogP contribution in [0, 0.1) is 5.92 Å². The van der Waals surface area contributed by atoms with Gasteiger partial charge < -0.3 is 0 Å². The summed E-state index contributed by atoms with van der Waals surface area (Å²) in [6, 6.07) is 8.55. The van der Waals surface area contributed by atoms with Crippen LogP contribution in [0.4, 0.5) is 17.6 Å². The molecule has 1 fully saturated rings. The summed E-state index contributed by atoms with van der Waals surface area (Å²) in [7, 11) is 0. The van der Waals surface area contributed by atoms with E-state index in [1.54, 1.807) is 24.3 Å². The molecule has 0 N–H and O–H groups in total. The van der Waals surface area contributed by atoms with E-state index < -0.39 is 36.1 Å². The maximum atomic E-state index is 14.1. The number of fused-ring (bicyclic) bond motifs is 1. The van der Waals surface area contributed by atoms with Crippen molar-refractivity contribution >= 4 is 0 Å². The summed E-state index contributed by atoms with van der Waals surface area (Å²) in [4.78, 5) is 3.68. The topological polar surface area (TPSA) is 30.7 Å². The lowest BCUT2D eigenvalue weighted by Gasteiger charge is -2.13. The summed E-state index contributed by atoms with van der Waals surface area (Å²) in [5.41, 5.74) is 0.790. The molecule has 0 unspecified atom stereocenters. The number of aromatic nitrogens is 3. The van der Waals surface area contributed by atoms with Crippen molar-refractivity contribution < 1.29 is 17.6 Å². The molecule has 0 radical (unpaired) electrons. The molecule has 0 spiro atoms. The highest BCUT2D eigenvalue weighted by Gasteiger charge is 2.59. The maximum Gasteiger partial charge on any atom is 0.314 e. The fraction of sp³-hybridized carbons (Fsp3) is 0.467. The van der Waals surface area contributed by atoms with Crippen molar-refractivity contribution in [1.29, 1.82) is 0 Å². The molecule has 1 aromatic carbocycles. The Bertz CT molecular complexity index is 700. The zero-order valence-electron chi connectivity index (χ0n) is 11.5. The second-order valence-electron chi connectivity index (χ2n) is 5.85. The lowest BCUT2D eigenvalue weighted by Crippen LogP contribution is -2.21. The summed E-state index contributed by atoms with van der Waals surface area (Å²) in [6.07, 6.45) is -3.04. The highest BCUT2D eigenvalue weighted by Crippen LogP contribution is 2.51. The third kappa shape index (κ3) is 1.94. The highest BCUT2D eigenvalue weighted by atomic mass is 19.3. The molecular weight excluding hydrogens is 298 g/mol. The fourth-order valence-corrected chi connectivity index (χ4v) is 2.98. The Morgan fingerprint density at radius 2 is 1.77 bits per heavy atom. The molecule has 2 aromatic rings. The van der Waals surface area contributed by atoms with Gasteiger partial charge >= 0.3 is 5.92 Å². The van der Waals surface area contributed by atoms with Crippen LogP contribution in [0.1, 0.15) is 42.3 Å². The van der Waals surface area contributed by atoms with Gasteiger partial charge in [0.25, 0.3) is 0 Å². The zero-order valence-corrected chi connectivity index (χ0v) is 11.5. The molecule has 22 heavy (non-hydrogen) atoms. The largest absolute Gasteiger partial charge is 0.314 e. The van der Waals surface area contributed by atoms with Crippen LogP contribution < -0.4 is 0 Å². The Kier molecular flexibility index (Phi) is 2.83. The second kappa shape index (κ2) is 4.54. The average molecular weight is 311 g/mol. The summed E-state index contributed by atoms with van der Waals surface area (Å²) < 4.78 is 56.5. The van der Waals surface area contributed by atoms with E-state index in [2.05, 4.69) is 10.1 Å². The van der Waals surface area contributed by atoms with E-state index >= 15 is 0 Å².